The summed E-state index contributed by atoms with van der Waals surface area (Å²) in [5.41, 5.74) is 2.82. The van der Waals surface area contributed by atoms with E-state index in [4.69, 9.17) is 12.2 Å². The van der Waals surface area contributed by atoms with E-state index in [1.54, 1.807) is 11.3 Å². The molecule has 20 heavy (non-hydrogen) atoms. The summed E-state index contributed by atoms with van der Waals surface area (Å²) in [6, 6.07) is 10.7. The number of nitrogens with one attached hydrogen (secondary N) is 1. The topological polar surface area (TPSA) is 22.3 Å². The van der Waals surface area contributed by atoms with Crippen LogP contribution in [-0.4, -0.2) is 22.9 Å². The van der Waals surface area contributed by atoms with Crippen molar-refractivity contribution in [3.05, 3.63) is 50.9 Å². The molecule has 1 aromatic heterocycles. The number of aromatic nitrogens is 2. The largest absolute Gasteiger partial charge is 0.313 e. The van der Waals surface area contributed by atoms with Crippen LogP contribution in [0.4, 0.5) is 0 Å². The average Bonchev–Trinajstić information content (AvgIpc) is 2.79. The molecule has 0 saturated heterocycles. The number of nitrogens with zero attached hydrogens (tertiary/aromatic N) is 2. The second kappa shape index (κ2) is 5.99. The molecule has 0 amide bonds. The molecule has 1 N–H and O–H groups in total. The second-order valence-corrected chi connectivity index (χ2v) is 6.92. The zero-order valence-corrected chi connectivity index (χ0v) is 13.1. The Labute approximate surface area is 128 Å². The molecule has 3 nitrogen and oxygen atoms in total. The predicted octanol–water partition coefficient (Wildman–Crippen LogP) is 2.31. The Balaban J connectivity index is 1.68. The molecule has 104 valence electrons. The van der Waals surface area contributed by atoms with Gasteiger partial charge in [-0.3, -0.25) is 0 Å². The standard InChI is InChI=1S/C15H17N3S2/c1-12-16-18(15(19)20-12)11-17-9-7-14(8-10-17)13-5-3-2-4-6-13/h2-7H,8-11H2,1H3/p+1. The molecule has 1 atom stereocenters. The van der Waals surface area contributed by atoms with Gasteiger partial charge in [-0.2, -0.15) is 9.78 Å². The Morgan fingerprint density at radius 1 is 1.35 bits per heavy atom. The van der Waals surface area contributed by atoms with Gasteiger partial charge in [0.2, 0.25) is 0 Å². The van der Waals surface area contributed by atoms with Crippen molar-refractivity contribution in [1.29, 1.82) is 0 Å². The third-order valence-electron chi connectivity index (χ3n) is 3.61. The van der Waals surface area contributed by atoms with Crippen molar-refractivity contribution in [2.45, 2.75) is 20.0 Å². The molecule has 1 unspecified atom stereocenters. The smallest absolute Gasteiger partial charge is 0.184 e. The molecule has 0 bridgehead atoms. The van der Waals surface area contributed by atoms with Gasteiger partial charge in [0.05, 0.1) is 13.1 Å². The van der Waals surface area contributed by atoms with Crippen LogP contribution in [0.3, 0.4) is 0 Å². The zero-order chi connectivity index (χ0) is 13.9. The van der Waals surface area contributed by atoms with Crippen molar-refractivity contribution in [2.75, 3.05) is 13.1 Å². The van der Waals surface area contributed by atoms with Crippen LogP contribution in [0.25, 0.3) is 5.57 Å². The van der Waals surface area contributed by atoms with E-state index < -0.39 is 0 Å². The van der Waals surface area contributed by atoms with Crippen LogP contribution in [0.5, 0.6) is 0 Å². The van der Waals surface area contributed by atoms with Gasteiger partial charge < -0.3 is 4.90 Å². The highest BCUT2D eigenvalue weighted by Gasteiger charge is 2.17. The predicted molar refractivity (Wildman–Crippen MR) is 85.4 cm³/mol. The lowest BCUT2D eigenvalue weighted by atomic mass is 10.00. The molecule has 0 radical (unpaired) electrons. The van der Waals surface area contributed by atoms with Crippen molar-refractivity contribution < 1.29 is 4.90 Å². The average molecular weight is 304 g/mol. The van der Waals surface area contributed by atoms with Gasteiger partial charge in [-0.15, -0.1) is 0 Å². The molecule has 0 aliphatic carbocycles. The van der Waals surface area contributed by atoms with Gasteiger partial charge in [0, 0.05) is 6.42 Å². The first-order chi connectivity index (χ1) is 9.72. The summed E-state index contributed by atoms with van der Waals surface area (Å²) in [5.74, 6) is 0. The maximum Gasteiger partial charge on any atom is 0.184 e. The lowest BCUT2D eigenvalue weighted by molar-refractivity contribution is -0.918. The Bertz CT molecular complexity index is 670. The summed E-state index contributed by atoms with van der Waals surface area (Å²) in [5, 5.41) is 5.52. The number of benzene rings is 1. The van der Waals surface area contributed by atoms with E-state index in [1.165, 1.54) is 16.0 Å². The summed E-state index contributed by atoms with van der Waals surface area (Å²) in [6.45, 7) is 5.07. The molecule has 1 aliphatic heterocycles. The fraction of sp³-hybridized carbons (Fsp3) is 0.333. The van der Waals surface area contributed by atoms with E-state index in [0.29, 0.717) is 0 Å². The van der Waals surface area contributed by atoms with Crippen LogP contribution in [0.15, 0.2) is 36.4 Å². The number of quaternary nitrogens is 1. The van der Waals surface area contributed by atoms with E-state index in [2.05, 4.69) is 41.5 Å². The van der Waals surface area contributed by atoms with Gasteiger partial charge in [0.25, 0.3) is 0 Å². The summed E-state index contributed by atoms with van der Waals surface area (Å²) < 4.78 is 2.85. The molecule has 2 aromatic rings. The first kappa shape index (κ1) is 13.7. The van der Waals surface area contributed by atoms with E-state index in [1.807, 2.05) is 11.6 Å². The lowest BCUT2D eigenvalue weighted by Crippen LogP contribution is -3.11. The molecule has 0 saturated carbocycles. The Morgan fingerprint density at radius 2 is 2.15 bits per heavy atom. The minimum atomic E-state index is 0.877. The molecular weight excluding hydrogens is 286 g/mol. The SMILES string of the molecule is Cc1nn(C[NH+]2CC=C(c3ccccc3)CC2)c(=S)s1. The van der Waals surface area contributed by atoms with Gasteiger partial charge in [-0.05, 0) is 36.4 Å². The maximum atomic E-state index is 5.33. The molecule has 3 rings (SSSR count). The van der Waals surface area contributed by atoms with Crippen LogP contribution < -0.4 is 4.90 Å². The van der Waals surface area contributed by atoms with Gasteiger partial charge >= 0.3 is 0 Å². The minimum Gasteiger partial charge on any atom is -0.313 e. The normalized spacial score (nSPS) is 18.9. The van der Waals surface area contributed by atoms with Gasteiger partial charge in [0.15, 0.2) is 10.6 Å². The molecule has 0 fully saturated rings. The van der Waals surface area contributed by atoms with E-state index >= 15 is 0 Å². The summed E-state index contributed by atoms with van der Waals surface area (Å²) in [6.07, 6.45) is 3.48. The summed E-state index contributed by atoms with van der Waals surface area (Å²) >= 11 is 6.92. The lowest BCUT2D eigenvalue weighted by Gasteiger charge is -2.23. The number of hydrogen-bond acceptors (Lipinski definition) is 3. The van der Waals surface area contributed by atoms with Gasteiger partial charge in [0.1, 0.15) is 5.01 Å². The first-order valence-corrected chi connectivity index (χ1v) is 8.07. The Kier molecular flexibility index (Phi) is 4.10. The van der Waals surface area contributed by atoms with Crippen LogP contribution in [0, 0.1) is 10.9 Å². The fourth-order valence-corrected chi connectivity index (χ4v) is 3.63. The molecule has 1 aliphatic rings. The number of hydrogen-bond donors (Lipinski definition) is 1. The maximum absolute atomic E-state index is 5.33. The van der Waals surface area contributed by atoms with Gasteiger partial charge in [-0.1, -0.05) is 41.7 Å². The summed E-state index contributed by atoms with van der Waals surface area (Å²) in [7, 11) is 0. The molecule has 5 heteroatoms. The van der Waals surface area contributed by atoms with Crippen molar-refractivity contribution in [3.63, 3.8) is 0 Å². The van der Waals surface area contributed by atoms with Crippen LogP contribution in [0.2, 0.25) is 0 Å². The number of aryl methyl sites for hydroxylation is 1. The highest BCUT2D eigenvalue weighted by atomic mass is 32.1. The fourth-order valence-electron chi connectivity index (χ4n) is 2.56. The van der Waals surface area contributed by atoms with Gasteiger partial charge in [-0.25, -0.2) is 0 Å². The van der Waals surface area contributed by atoms with E-state index in [0.717, 1.165) is 35.1 Å². The number of rotatable bonds is 3. The Morgan fingerprint density at radius 3 is 2.75 bits per heavy atom. The summed E-state index contributed by atoms with van der Waals surface area (Å²) in [4.78, 5) is 1.52. The monoisotopic (exact) mass is 304 g/mol. The third kappa shape index (κ3) is 3.06. The van der Waals surface area contributed by atoms with E-state index in [9.17, 15) is 0 Å². The van der Waals surface area contributed by atoms with Crippen LogP contribution >= 0.6 is 23.6 Å². The highest BCUT2D eigenvalue weighted by molar-refractivity contribution is 7.73. The first-order valence-electron chi connectivity index (χ1n) is 6.85. The molecule has 2 heterocycles. The van der Waals surface area contributed by atoms with Crippen LogP contribution in [-0.2, 0) is 6.67 Å². The third-order valence-corrected chi connectivity index (χ3v) is 4.83. The molecular formula is C15H18N3S2+. The second-order valence-electron chi connectivity index (χ2n) is 5.09. The Hall–Kier alpha value is -1.30. The molecule has 1 aromatic carbocycles. The quantitative estimate of drug-likeness (QED) is 0.879. The van der Waals surface area contributed by atoms with Crippen molar-refractivity contribution in [2.24, 2.45) is 0 Å². The van der Waals surface area contributed by atoms with Crippen molar-refractivity contribution in [3.8, 4) is 0 Å². The van der Waals surface area contributed by atoms with Crippen LogP contribution in [0.1, 0.15) is 17.0 Å². The minimum absolute atomic E-state index is 0.877. The van der Waals surface area contributed by atoms with Crippen molar-refractivity contribution >= 4 is 29.1 Å². The van der Waals surface area contributed by atoms with E-state index in [-0.39, 0.29) is 0 Å². The zero-order valence-electron chi connectivity index (χ0n) is 11.5. The highest BCUT2D eigenvalue weighted by Crippen LogP contribution is 2.17. The molecule has 0 spiro atoms. The van der Waals surface area contributed by atoms with Crippen molar-refractivity contribution in [1.82, 2.24) is 9.78 Å².